The topological polar surface area (TPSA) is 72.9 Å². The first-order valence-corrected chi connectivity index (χ1v) is 11.5. The van der Waals surface area contributed by atoms with Crippen LogP contribution in [0.25, 0.3) is 28.1 Å². The molecule has 1 aliphatic carbocycles. The standard InChI is InChI=1S/C25H26N4O3/c30-25(14-17-7-8-17)28-12-3-5-19(28)11-13-31-24-10-9-23-26-16-20(29(23)27-24)22-15-18-4-1-2-6-21(18)32-22/h1-2,4,6,9-10,15-17,19H,3,5,7-8,11-14H2/t19-/m0/s1. The Morgan fingerprint density at radius 2 is 2.06 bits per heavy atom. The van der Waals surface area contributed by atoms with Gasteiger partial charge in [0.25, 0.3) is 0 Å². The average Bonchev–Trinajstić information content (AvgIpc) is 3.19. The van der Waals surface area contributed by atoms with Gasteiger partial charge in [0.05, 0.1) is 12.8 Å². The van der Waals surface area contributed by atoms with Gasteiger partial charge in [-0.25, -0.2) is 9.50 Å². The Kier molecular flexibility index (Phi) is 4.82. The predicted octanol–water partition coefficient (Wildman–Crippen LogP) is 4.70. The Balaban J connectivity index is 1.15. The summed E-state index contributed by atoms with van der Waals surface area (Å²) in [5.41, 5.74) is 2.36. The minimum atomic E-state index is 0.282. The van der Waals surface area contributed by atoms with E-state index in [1.807, 2.05) is 42.5 Å². The van der Waals surface area contributed by atoms with Crippen LogP contribution in [0.4, 0.5) is 0 Å². The van der Waals surface area contributed by atoms with E-state index < -0.39 is 0 Å². The molecule has 0 N–H and O–H groups in total. The molecular formula is C25H26N4O3. The zero-order valence-electron chi connectivity index (χ0n) is 17.9. The van der Waals surface area contributed by atoms with Crippen molar-refractivity contribution in [2.24, 2.45) is 5.92 Å². The van der Waals surface area contributed by atoms with Crippen molar-refractivity contribution < 1.29 is 13.9 Å². The molecule has 4 heterocycles. The number of furan rings is 1. The van der Waals surface area contributed by atoms with Gasteiger partial charge in [0.15, 0.2) is 11.4 Å². The first kappa shape index (κ1) is 19.3. The number of aromatic nitrogens is 3. The van der Waals surface area contributed by atoms with Gasteiger partial charge in [-0.05, 0) is 49.8 Å². The molecule has 1 aliphatic heterocycles. The van der Waals surface area contributed by atoms with Gasteiger partial charge in [0.1, 0.15) is 11.3 Å². The van der Waals surface area contributed by atoms with Crippen LogP contribution in [-0.2, 0) is 4.79 Å². The second-order valence-corrected chi connectivity index (χ2v) is 8.90. The van der Waals surface area contributed by atoms with Gasteiger partial charge >= 0.3 is 0 Å². The van der Waals surface area contributed by atoms with E-state index in [0.29, 0.717) is 24.3 Å². The van der Waals surface area contributed by atoms with Crippen molar-refractivity contribution in [3.63, 3.8) is 0 Å². The lowest BCUT2D eigenvalue weighted by Gasteiger charge is -2.24. The second kappa shape index (κ2) is 7.97. The number of nitrogens with zero attached hydrogens (tertiary/aromatic N) is 4. The van der Waals surface area contributed by atoms with Gasteiger partial charge < -0.3 is 14.1 Å². The largest absolute Gasteiger partial charge is 0.477 e. The van der Waals surface area contributed by atoms with E-state index in [-0.39, 0.29) is 6.04 Å². The maximum atomic E-state index is 12.5. The number of imidazole rings is 1. The first-order valence-electron chi connectivity index (χ1n) is 11.5. The highest BCUT2D eigenvalue weighted by molar-refractivity contribution is 5.82. The summed E-state index contributed by atoms with van der Waals surface area (Å²) in [5, 5.41) is 5.68. The molecule has 32 heavy (non-hydrogen) atoms. The lowest BCUT2D eigenvalue weighted by Crippen LogP contribution is -2.36. The number of amides is 1. The average molecular weight is 431 g/mol. The molecule has 3 aromatic heterocycles. The Hall–Kier alpha value is -3.35. The van der Waals surface area contributed by atoms with E-state index in [4.69, 9.17) is 9.15 Å². The molecule has 0 spiro atoms. The molecule has 0 radical (unpaired) electrons. The minimum absolute atomic E-state index is 0.282. The molecule has 1 saturated heterocycles. The van der Waals surface area contributed by atoms with Crippen LogP contribution in [0.15, 0.2) is 53.1 Å². The van der Waals surface area contributed by atoms with E-state index >= 15 is 0 Å². The molecule has 2 aliphatic rings. The smallest absolute Gasteiger partial charge is 0.231 e. The zero-order chi connectivity index (χ0) is 21.5. The van der Waals surface area contributed by atoms with Gasteiger partial charge in [-0.3, -0.25) is 4.79 Å². The third-order valence-corrected chi connectivity index (χ3v) is 6.57. The van der Waals surface area contributed by atoms with Crippen LogP contribution in [0.5, 0.6) is 5.88 Å². The van der Waals surface area contributed by atoms with Crippen molar-refractivity contribution in [1.82, 2.24) is 19.5 Å². The molecule has 0 unspecified atom stereocenters. The SMILES string of the molecule is O=C(CC1CC1)N1CCC[C@H]1CCOc1ccc2ncc(-c3cc4ccccc4o3)n2n1. The fourth-order valence-corrected chi connectivity index (χ4v) is 4.66. The Morgan fingerprint density at radius 3 is 2.94 bits per heavy atom. The van der Waals surface area contributed by atoms with Crippen LogP contribution >= 0.6 is 0 Å². The highest BCUT2D eigenvalue weighted by Gasteiger charge is 2.32. The van der Waals surface area contributed by atoms with Gasteiger partial charge in [-0.1, -0.05) is 18.2 Å². The molecule has 1 amide bonds. The van der Waals surface area contributed by atoms with E-state index in [9.17, 15) is 4.79 Å². The number of carbonyl (C=O) groups is 1. The monoisotopic (exact) mass is 430 g/mol. The van der Waals surface area contributed by atoms with Gasteiger partial charge in [0, 0.05) is 36.9 Å². The summed E-state index contributed by atoms with van der Waals surface area (Å²) in [4.78, 5) is 19.1. The van der Waals surface area contributed by atoms with Crippen molar-refractivity contribution in [3.05, 3.63) is 48.7 Å². The Bertz CT molecular complexity index is 1240. The third kappa shape index (κ3) is 3.72. The van der Waals surface area contributed by atoms with E-state index in [2.05, 4.69) is 15.0 Å². The van der Waals surface area contributed by atoms with Crippen molar-refractivity contribution >= 4 is 22.5 Å². The van der Waals surface area contributed by atoms with Crippen LogP contribution in [-0.4, -0.2) is 44.6 Å². The minimum Gasteiger partial charge on any atom is -0.477 e. The second-order valence-electron chi connectivity index (χ2n) is 8.90. The molecule has 1 aromatic carbocycles. The number of fused-ring (bicyclic) bond motifs is 2. The number of hydrogen-bond donors (Lipinski definition) is 0. The molecule has 164 valence electrons. The van der Waals surface area contributed by atoms with Crippen molar-refractivity contribution in [2.45, 2.75) is 44.6 Å². The number of hydrogen-bond acceptors (Lipinski definition) is 5. The molecule has 7 nitrogen and oxygen atoms in total. The normalized spacial score (nSPS) is 18.6. The molecular weight excluding hydrogens is 404 g/mol. The maximum absolute atomic E-state index is 12.5. The van der Waals surface area contributed by atoms with Crippen LogP contribution in [0, 0.1) is 5.92 Å². The van der Waals surface area contributed by atoms with Gasteiger partial charge in [-0.15, -0.1) is 5.10 Å². The van der Waals surface area contributed by atoms with Crippen molar-refractivity contribution in [1.29, 1.82) is 0 Å². The lowest BCUT2D eigenvalue weighted by molar-refractivity contribution is -0.132. The molecule has 6 rings (SSSR count). The summed E-state index contributed by atoms with van der Waals surface area (Å²) in [7, 11) is 0. The molecule has 1 atom stereocenters. The molecule has 7 heteroatoms. The van der Waals surface area contributed by atoms with Crippen LogP contribution < -0.4 is 4.74 Å². The number of benzene rings is 1. The number of para-hydroxylation sites is 1. The quantitative estimate of drug-likeness (QED) is 0.425. The molecule has 4 aromatic rings. The number of likely N-dealkylation sites (tertiary alicyclic amines) is 1. The van der Waals surface area contributed by atoms with Crippen LogP contribution in [0.3, 0.4) is 0 Å². The Morgan fingerprint density at radius 1 is 1.16 bits per heavy atom. The molecule has 2 fully saturated rings. The lowest BCUT2D eigenvalue weighted by atomic mass is 10.1. The summed E-state index contributed by atoms with van der Waals surface area (Å²) in [6.07, 6.45) is 7.89. The van der Waals surface area contributed by atoms with Gasteiger partial charge in [-0.2, -0.15) is 0 Å². The van der Waals surface area contributed by atoms with E-state index in [0.717, 1.165) is 60.3 Å². The van der Waals surface area contributed by atoms with E-state index in [1.54, 1.807) is 10.7 Å². The number of rotatable bonds is 7. The van der Waals surface area contributed by atoms with Crippen LogP contribution in [0.2, 0.25) is 0 Å². The summed E-state index contributed by atoms with van der Waals surface area (Å²) in [6, 6.07) is 13.9. The fraction of sp³-hybridized carbons (Fsp3) is 0.400. The fourth-order valence-electron chi connectivity index (χ4n) is 4.66. The molecule has 0 bridgehead atoms. The number of ether oxygens (including phenoxy) is 1. The van der Waals surface area contributed by atoms with E-state index in [1.165, 1.54) is 12.8 Å². The summed E-state index contributed by atoms with van der Waals surface area (Å²) in [6.45, 7) is 1.42. The predicted molar refractivity (Wildman–Crippen MR) is 120 cm³/mol. The third-order valence-electron chi connectivity index (χ3n) is 6.57. The highest BCUT2D eigenvalue weighted by Crippen LogP contribution is 2.34. The zero-order valence-corrected chi connectivity index (χ0v) is 17.9. The van der Waals surface area contributed by atoms with Gasteiger partial charge in [0.2, 0.25) is 11.8 Å². The van der Waals surface area contributed by atoms with Crippen molar-refractivity contribution in [3.8, 4) is 17.3 Å². The summed E-state index contributed by atoms with van der Waals surface area (Å²) >= 11 is 0. The first-order chi connectivity index (χ1) is 15.7. The summed E-state index contributed by atoms with van der Waals surface area (Å²) in [5.74, 6) is 2.22. The summed E-state index contributed by atoms with van der Waals surface area (Å²) < 4.78 is 13.7. The highest BCUT2D eigenvalue weighted by atomic mass is 16.5. The molecule has 1 saturated carbocycles. The van der Waals surface area contributed by atoms with Crippen LogP contribution in [0.1, 0.15) is 38.5 Å². The maximum Gasteiger partial charge on any atom is 0.231 e. The number of carbonyl (C=O) groups excluding carboxylic acids is 1. The Labute approximate surface area is 186 Å². The van der Waals surface area contributed by atoms with Crippen molar-refractivity contribution in [2.75, 3.05) is 13.2 Å².